The predicted molar refractivity (Wildman–Crippen MR) is 125 cm³/mol. The number of nitrogen functional groups attached to an aromatic ring is 1. The van der Waals surface area contributed by atoms with E-state index in [4.69, 9.17) is 10.6 Å². The summed E-state index contributed by atoms with van der Waals surface area (Å²) >= 11 is 2.49. The molecule has 0 bridgehead atoms. The van der Waals surface area contributed by atoms with E-state index in [1.807, 2.05) is 45.8 Å². The van der Waals surface area contributed by atoms with Crippen molar-refractivity contribution in [3.05, 3.63) is 59.1 Å². The van der Waals surface area contributed by atoms with Crippen molar-refractivity contribution in [3.63, 3.8) is 0 Å². The molecule has 0 unspecified atom stereocenters. The van der Waals surface area contributed by atoms with Gasteiger partial charge in [0.25, 0.3) is 17.5 Å². The first-order valence-corrected chi connectivity index (χ1v) is 12.3. The van der Waals surface area contributed by atoms with Gasteiger partial charge in [0.1, 0.15) is 43.2 Å². The number of carbonyl (C=O) groups is 3. The van der Waals surface area contributed by atoms with E-state index in [1.165, 1.54) is 23.8 Å². The topological polar surface area (TPSA) is 158 Å². The average molecular weight is 514 g/mol. The number of thiazole rings is 1. The number of nitrogens with one attached hydrogen (secondary N) is 1. The Hall–Kier alpha value is -3.91. The van der Waals surface area contributed by atoms with Crippen LogP contribution in [0.2, 0.25) is 0 Å². The van der Waals surface area contributed by atoms with Crippen molar-refractivity contribution >= 4 is 57.4 Å². The minimum absolute atomic E-state index is 0.138. The molecule has 3 aromatic heterocycles. The molecule has 12 nitrogen and oxygen atoms in total. The first-order valence-electron chi connectivity index (χ1n) is 10.4. The van der Waals surface area contributed by atoms with Gasteiger partial charge in [-0.3, -0.25) is 14.5 Å². The summed E-state index contributed by atoms with van der Waals surface area (Å²) in [5, 5.41) is 19.6. The number of thioether (sulfide) groups is 1. The summed E-state index contributed by atoms with van der Waals surface area (Å²) in [6.07, 6.45) is 5.59. The Labute approximate surface area is 206 Å². The summed E-state index contributed by atoms with van der Waals surface area (Å²) in [6, 6.07) is 4.75. The normalized spacial score (nSPS) is 20.0. The number of imidazole rings is 1. The fraction of sp³-hybridized carbons (Fsp3) is 0.238. The molecule has 14 heteroatoms. The van der Waals surface area contributed by atoms with E-state index < -0.39 is 29.2 Å². The van der Waals surface area contributed by atoms with Crippen molar-refractivity contribution in [2.45, 2.75) is 18.0 Å². The Bertz CT molecular complexity index is 1410. The first-order chi connectivity index (χ1) is 16.9. The highest BCUT2D eigenvalue weighted by Crippen LogP contribution is 2.40. The van der Waals surface area contributed by atoms with Crippen LogP contribution in [0.25, 0.3) is 5.65 Å². The Balaban J connectivity index is 1.37. The SMILES string of the molecule is CO/N=C(/C(=O)N[C@H]1C(=O)N2C(C(=O)[O-])=C(C[n+]3ccn4ccccc43)CS[C@@H]12)c1csc(N)n1. The number of aliphatic carboxylic acids is 1. The van der Waals surface area contributed by atoms with Gasteiger partial charge in [0.05, 0.1) is 17.9 Å². The molecular formula is C21H19N7O5S2. The average Bonchev–Trinajstić information content (AvgIpc) is 3.46. The smallest absolute Gasteiger partial charge is 0.286 e. The lowest BCUT2D eigenvalue weighted by Gasteiger charge is -2.50. The fourth-order valence-electron chi connectivity index (χ4n) is 4.08. The van der Waals surface area contributed by atoms with Crippen LogP contribution < -0.4 is 20.7 Å². The number of hydrogen-bond acceptors (Lipinski definition) is 10. The van der Waals surface area contributed by atoms with E-state index in [0.29, 0.717) is 11.3 Å². The number of β-lactam (4-membered cyclic amide) rings is 1. The summed E-state index contributed by atoms with van der Waals surface area (Å²) in [5.41, 5.74) is 6.97. The van der Waals surface area contributed by atoms with Crippen LogP contribution in [-0.4, -0.2) is 62.1 Å². The molecule has 35 heavy (non-hydrogen) atoms. The third-order valence-corrected chi connectivity index (χ3v) is 7.63. The van der Waals surface area contributed by atoms with Gasteiger partial charge in [0.2, 0.25) is 0 Å². The van der Waals surface area contributed by atoms with Crippen LogP contribution in [0, 0.1) is 0 Å². The van der Waals surface area contributed by atoms with Crippen LogP contribution in [-0.2, 0) is 25.8 Å². The van der Waals surface area contributed by atoms with Crippen molar-refractivity contribution in [3.8, 4) is 0 Å². The monoisotopic (exact) mass is 513 g/mol. The number of pyridine rings is 1. The second-order valence-electron chi connectivity index (χ2n) is 7.69. The molecule has 2 aliphatic rings. The van der Waals surface area contributed by atoms with Crippen molar-refractivity contribution in [2.24, 2.45) is 5.16 Å². The van der Waals surface area contributed by atoms with Crippen molar-refractivity contribution in [1.82, 2.24) is 19.6 Å². The lowest BCUT2D eigenvalue weighted by Crippen LogP contribution is -2.71. The number of rotatable bonds is 7. The third-order valence-electron chi connectivity index (χ3n) is 5.62. The lowest BCUT2D eigenvalue weighted by atomic mass is 10.0. The van der Waals surface area contributed by atoms with Crippen molar-refractivity contribution < 1.29 is 28.9 Å². The number of nitrogens with zero attached hydrogens (tertiary/aromatic N) is 5. The van der Waals surface area contributed by atoms with Crippen molar-refractivity contribution in [1.29, 1.82) is 0 Å². The highest BCUT2D eigenvalue weighted by molar-refractivity contribution is 8.00. The van der Waals surface area contributed by atoms with Gasteiger partial charge in [0.15, 0.2) is 10.8 Å². The number of amides is 2. The highest BCUT2D eigenvalue weighted by Gasteiger charge is 2.53. The van der Waals surface area contributed by atoms with E-state index in [1.54, 1.807) is 5.38 Å². The van der Waals surface area contributed by atoms with Gasteiger partial charge in [0, 0.05) is 22.8 Å². The minimum atomic E-state index is -1.44. The molecule has 5 rings (SSSR count). The molecular weight excluding hydrogens is 494 g/mol. The summed E-state index contributed by atoms with van der Waals surface area (Å²) in [6.45, 7) is 0.278. The van der Waals surface area contributed by atoms with Crippen molar-refractivity contribution in [2.75, 3.05) is 18.6 Å². The Kier molecular flexibility index (Phi) is 5.90. The lowest BCUT2D eigenvalue weighted by molar-refractivity contribution is -0.662. The van der Waals surface area contributed by atoms with E-state index in [9.17, 15) is 19.5 Å². The van der Waals surface area contributed by atoms with Gasteiger partial charge >= 0.3 is 0 Å². The van der Waals surface area contributed by atoms with Crippen LogP contribution in [0.15, 0.2) is 58.6 Å². The van der Waals surface area contributed by atoms with Gasteiger partial charge in [-0.25, -0.2) is 14.0 Å². The van der Waals surface area contributed by atoms with Crippen LogP contribution in [0.1, 0.15) is 5.69 Å². The maximum atomic E-state index is 13.0. The van der Waals surface area contributed by atoms with Gasteiger partial charge in [-0.2, -0.15) is 0 Å². The number of aromatic nitrogens is 3. The molecule has 2 amide bonds. The van der Waals surface area contributed by atoms with Crippen LogP contribution in [0.4, 0.5) is 5.13 Å². The number of fused-ring (bicyclic) bond motifs is 2. The molecule has 2 atom stereocenters. The highest BCUT2D eigenvalue weighted by atomic mass is 32.2. The molecule has 5 heterocycles. The zero-order valence-corrected chi connectivity index (χ0v) is 19.9. The second-order valence-corrected chi connectivity index (χ2v) is 9.68. The fourth-order valence-corrected chi connectivity index (χ4v) is 5.96. The second kappa shape index (κ2) is 9.03. The largest absolute Gasteiger partial charge is 0.543 e. The summed E-state index contributed by atoms with van der Waals surface area (Å²) in [5.74, 6) is -2.32. The molecule has 0 spiro atoms. The maximum absolute atomic E-state index is 13.0. The van der Waals surface area contributed by atoms with Gasteiger partial charge < -0.3 is 25.8 Å². The van der Waals surface area contributed by atoms with Crippen LogP contribution in [0.3, 0.4) is 0 Å². The Morgan fingerprint density at radius 1 is 1.40 bits per heavy atom. The van der Waals surface area contributed by atoms with Gasteiger partial charge in [-0.15, -0.1) is 23.1 Å². The standard InChI is InChI=1S/C21H19N7O5S2/c1-33-25-14(12-10-35-21(22)23-12)17(29)24-15-18(30)28-16(20(31)32)11(9-34-19(15)28)8-27-7-6-26-5-3-2-4-13(26)27/h2-7,10,15,19H,8-9H2,1H3,(H3-,22,23,24,29,31,32)/b25-14+/t15-,19-/m0/s1. The molecule has 1 fully saturated rings. The summed E-state index contributed by atoms with van der Waals surface area (Å²) in [7, 11) is 1.28. The number of carboxylic acid groups (broad SMARTS) is 1. The number of hydrogen-bond donors (Lipinski definition) is 2. The first kappa shape index (κ1) is 22.9. The molecule has 2 aliphatic heterocycles. The Morgan fingerprint density at radius 2 is 2.23 bits per heavy atom. The zero-order chi connectivity index (χ0) is 24.7. The zero-order valence-electron chi connectivity index (χ0n) is 18.3. The molecule has 1 saturated heterocycles. The van der Waals surface area contributed by atoms with E-state index in [2.05, 4.69) is 15.5 Å². The van der Waals surface area contributed by atoms with Crippen LogP contribution in [0.5, 0.6) is 0 Å². The van der Waals surface area contributed by atoms with E-state index in [-0.39, 0.29) is 28.8 Å². The minimum Gasteiger partial charge on any atom is -0.543 e. The number of nitrogens with two attached hydrogens (primary N) is 1. The van der Waals surface area contributed by atoms with Crippen LogP contribution >= 0.6 is 23.1 Å². The molecule has 3 N–H and O–H groups in total. The summed E-state index contributed by atoms with van der Waals surface area (Å²) in [4.78, 5) is 47.9. The van der Waals surface area contributed by atoms with Gasteiger partial charge in [-0.05, 0) is 6.07 Å². The quantitative estimate of drug-likeness (QED) is 0.171. The number of carbonyl (C=O) groups excluding carboxylic acids is 3. The molecule has 0 aliphatic carbocycles. The maximum Gasteiger partial charge on any atom is 0.286 e. The van der Waals surface area contributed by atoms with E-state index >= 15 is 0 Å². The predicted octanol–water partition coefficient (Wildman–Crippen LogP) is -1.28. The van der Waals surface area contributed by atoms with E-state index in [0.717, 1.165) is 17.0 Å². The number of carboxylic acids is 1. The molecule has 0 saturated carbocycles. The molecule has 180 valence electrons. The molecule has 0 aromatic carbocycles. The number of oxime groups is 1. The van der Waals surface area contributed by atoms with Gasteiger partial charge in [-0.1, -0.05) is 11.2 Å². The molecule has 0 radical (unpaired) electrons. The molecule has 3 aromatic rings. The Morgan fingerprint density at radius 3 is 2.94 bits per heavy atom. The number of anilines is 1. The third kappa shape index (κ3) is 4.00. The summed E-state index contributed by atoms with van der Waals surface area (Å²) < 4.78 is 3.81.